The number of nitrogens with one attached hydrogen (secondary N) is 1. The topological polar surface area (TPSA) is 94.4 Å². The quantitative estimate of drug-likeness (QED) is 0.505. The number of carbonyl (C=O) groups excluding carboxylic acids is 1. The molecule has 0 unspecified atom stereocenters. The minimum absolute atomic E-state index is 0.108. The smallest absolute Gasteiger partial charge is 0.296 e. The maximum absolute atomic E-state index is 12.5. The lowest BCUT2D eigenvalue weighted by Gasteiger charge is -2.08. The number of hydrogen-bond donors (Lipinski definition) is 1. The van der Waals surface area contributed by atoms with Crippen LogP contribution in [0.4, 0.5) is 11.4 Å². The molecule has 0 saturated carbocycles. The van der Waals surface area contributed by atoms with Gasteiger partial charge >= 0.3 is 0 Å². The Morgan fingerprint density at radius 2 is 1.89 bits per heavy atom. The predicted octanol–water partition coefficient (Wildman–Crippen LogP) is 4.48. The van der Waals surface area contributed by atoms with E-state index in [0.29, 0.717) is 11.3 Å². The number of carbonyl (C=O) groups is 1. The monoisotopic (exact) mass is 377 g/mol. The third kappa shape index (κ3) is 4.15. The van der Waals surface area contributed by atoms with E-state index in [9.17, 15) is 14.9 Å². The molecular formula is C21H19N3O4. The summed E-state index contributed by atoms with van der Waals surface area (Å²) in [6.07, 6.45) is 2.75. The fraction of sp³-hybridized carbons (Fsp3) is 0.143. The van der Waals surface area contributed by atoms with Crippen LogP contribution in [0.25, 0.3) is 11.3 Å². The number of anilines is 1. The lowest BCUT2D eigenvalue weighted by molar-refractivity contribution is -0.384. The molecule has 1 heterocycles. The van der Waals surface area contributed by atoms with Crippen LogP contribution in [0.1, 0.15) is 22.8 Å². The predicted molar refractivity (Wildman–Crippen MR) is 107 cm³/mol. The van der Waals surface area contributed by atoms with Crippen molar-refractivity contribution in [3.05, 3.63) is 82.0 Å². The van der Waals surface area contributed by atoms with E-state index in [1.54, 1.807) is 30.3 Å². The van der Waals surface area contributed by atoms with Gasteiger partial charge in [-0.15, -0.1) is 0 Å². The zero-order chi connectivity index (χ0) is 20.1. The highest BCUT2D eigenvalue weighted by atomic mass is 16.6. The van der Waals surface area contributed by atoms with Crippen LogP contribution in [0.3, 0.4) is 0 Å². The third-order valence-electron chi connectivity index (χ3n) is 4.33. The number of pyridine rings is 1. The molecule has 0 fully saturated rings. The molecule has 7 nitrogen and oxygen atoms in total. The van der Waals surface area contributed by atoms with Gasteiger partial charge in [-0.2, -0.15) is 0 Å². The number of rotatable bonds is 6. The molecule has 0 bridgehead atoms. The first kappa shape index (κ1) is 19.0. The van der Waals surface area contributed by atoms with Gasteiger partial charge in [-0.3, -0.25) is 19.9 Å². The second-order valence-corrected chi connectivity index (χ2v) is 6.08. The summed E-state index contributed by atoms with van der Waals surface area (Å²) in [5.41, 5.74) is 3.12. The average Bonchev–Trinajstić information content (AvgIpc) is 2.74. The fourth-order valence-corrected chi connectivity index (χ4v) is 2.69. The molecule has 0 aliphatic heterocycles. The Balaban J connectivity index is 1.79. The van der Waals surface area contributed by atoms with E-state index in [0.717, 1.165) is 23.2 Å². The number of nitro groups is 1. The number of nitrogens with zero attached hydrogens (tertiary/aromatic N) is 2. The summed E-state index contributed by atoms with van der Waals surface area (Å²) in [6, 6.07) is 15.1. The fourth-order valence-electron chi connectivity index (χ4n) is 2.69. The van der Waals surface area contributed by atoms with Gasteiger partial charge in [0, 0.05) is 17.3 Å². The summed E-state index contributed by atoms with van der Waals surface area (Å²) in [5.74, 6) is -0.0928. The molecule has 0 radical (unpaired) electrons. The van der Waals surface area contributed by atoms with Crippen LogP contribution in [-0.4, -0.2) is 22.9 Å². The highest BCUT2D eigenvalue weighted by Gasteiger charge is 2.18. The van der Waals surface area contributed by atoms with Crippen molar-refractivity contribution >= 4 is 17.3 Å². The van der Waals surface area contributed by atoms with E-state index < -0.39 is 10.8 Å². The normalized spacial score (nSPS) is 10.4. The molecule has 0 atom stereocenters. The van der Waals surface area contributed by atoms with Crippen LogP contribution in [0, 0.1) is 10.1 Å². The Kier molecular flexibility index (Phi) is 5.64. The molecular weight excluding hydrogens is 358 g/mol. The molecule has 28 heavy (non-hydrogen) atoms. The lowest BCUT2D eigenvalue weighted by Crippen LogP contribution is -2.13. The zero-order valence-electron chi connectivity index (χ0n) is 15.5. The summed E-state index contributed by atoms with van der Waals surface area (Å²) in [6.45, 7) is 2.07. The van der Waals surface area contributed by atoms with Crippen molar-refractivity contribution in [3.63, 3.8) is 0 Å². The van der Waals surface area contributed by atoms with Gasteiger partial charge < -0.3 is 10.1 Å². The van der Waals surface area contributed by atoms with Gasteiger partial charge in [-0.05, 0) is 42.3 Å². The molecule has 1 amide bonds. The van der Waals surface area contributed by atoms with Crippen molar-refractivity contribution in [1.82, 2.24) is 4.98 Å². The van der Waals surface area contributed by atoms with E-state index in [-0.39, 0.29) is 11.4 Å². The first-order valence-electron chi connectivity index (χ1n) is 8.71. The van der Waals surface area contributed by atoms with Crippen molar-refractivity contribution < 1.29 is 14.5 Å². The van der Waals surface area contributed by atoms with E-state index in [4.69, 9.17) is 4.74 Å². The number of amides is 1. The minimum atomic E-state index is -0.563. The van der Waals surface area contributed by atoms with Crippen LogP contribution in [0.5, 0.6) is 5.75 Å². The number of ether oxygens (including phenoxy) is 1. The van der Waals surface area contributed by atoms with Crippen LogP contribution in [0.2, 0.25) is 0 Å². The molecule has 142 valence electrons. The van der Waals surface area contributed by atoms with Gasteiger partial charge in [0.1, 0.15) is 11.4 Å². The minimum Gasteiger partial charge on any atom is -0.496 e. The summed E-state index contributed by atoms with van der Waals surface area (Å²) >= 11 is 0. The Bertz CT molecular complexity index is 999. The molecule has 1 aromatic heterocycles. The van der Waals surface area contributed by atoms with Crippen molar-refractivity contribution in [3.8, 4) is 17.0 Å². The molecule has 3 rings (SSSR count). The number of nitro benzene ring substituents is 1. The van der Waals surface area contributed by atoms with Crippen LogP contribution in [-0.2, 0) is 6.42 Å². The number of benzene rings is 2. The molecule has 0 saturated heterocycles. The standard InChI is InChI=1S/C21H19N3O4/c1-3-14-4-10-18(22-13-14)15-5-7-16(8-6-15)21(25)23-19-11-9-17(28-2)12-20(19)24(26)27/h4-13H,3H2,1-2H3,(H,23,25). The first-order valence-corrected chi connectivity index (χ1v) is 8.71. The van der Waals surface area contributed by atoms with E-state index >= 15 is 0 Å². The first-order chi connectivity index (χ1) is 13.5. The maximum Gasteiger partial charge on any atom is 0.296 e. The number of methoxy groups -OCH3 is 1. The van der Waals surface area contributed by atoms with Gasteiger partial charge in [0.15, 0.2) is 0 Å². The van der Waals surface area contributed by atoms with E-state index in [2.05, 4.69) is 17.2 Å². The molecule has 0 spiro atoms. The third-order valence-corrected chi connectivity index (χ3v) is 4.33. The Morgan fingerprint density at radius 1 is 1.14 bits per heavy atom. The lowest BCUT2D eigenvalue weighted by atomic mass is 10.1. The molecule has 0 aliphatic rings. The van der Waals surface area contributed by atoms with Gasteiger partial charge in [0.05, 0.1) is 23.8 Å². The number of hydrogen-bond acceptors (Lipinski definition) is 5. The van der Waals surface area contributed by atoms with E-state index in [1.165, 1.54) is 19.2 Å². The second-order valence-electron chi connectivity index (χ2n) is 6.08. The van der Waals surface area contributed by atoms with Crippen LogP contribution < -0.4 is 10.1 Å². The van der Waals surface area contributed by atoms with Crippen molar-refractivity contribution in [1.29, 1.82) is 0 Å². The Morgan fingerprint density at radius 3 is 2.46 bits per heavy atom. The second kappa shape index (κ2) is 8.30. The molecule has 7 heteroatoms. The largest absolute Gasteiger partial charge is 0.496 e. The van der Waals surface area contributed by atoms with Crippen LogP contribution in [0.15, 0.2) is 60.8 Å². The Labute approximate surface area is 162 Å². The highest BCUT2D eigenvalue weighted by Crippen LogP contribution is 2.29. The SMILES string of the molecule is CCc1ccc(-c2ccc(C(=O)Nc3ccc(OC)cc3[N+](=O)[O-])cc2)nc1. The maximum atomic E-state index is 12.5. The highest BCUT2D eigenvalue weighted by molar-refractivity contribution is 6.05. The van der Waals surface area contributed by atoms with Crippen molar-refractivity contribution in [2.45, 2.75) is 13.3 Å². The van der Waals surface area contributed by atoms with Crippen molar-refractivity contribution in [2.75, 3.05) is 12.4 Å². The number of aryl methyl sites for hydroxylation is 1. The summed E-state index contributed by atoms with van der Waals surface area (Å²) in [7, 11) is 1.42. The van der Waals surface area contributed by atoms with E-state index in [1.807, 2.05) is 18.3 Å². The van der Waals surface area contributed by atoms with Gasteiger partial charge in [0.2, 0.25) is 0 Å². The summed E-state index contributed by atoms with van der Waals surface area (Å²) in [4.78, 5) is 27.6. The van der Waals surface area contributed by atoms with Gasteiger partial charge in [-0.25, -0.2) is 0 Å². The summed E-state index contributed by atoms with van der Waals surface area (Å²) in [5, 5.41) is 13.8. The molecule has 1 N–H and O–H groups in total. The number of aromatic nitrogens is 1. The van der Waals surface area contributed by atoms with Crippen LogP contribution >= 0.6 is 0 Å². The molecule has 2 aromatic carbocycles. The Hall–Kier alpha value is -3.74. The summed E-state index contributed by atoms with van der Waals surface area (Å²) < 4.78 is 5.00. The zero-order valence-corrected chi connectivity index (χ0v) is 15.5. The van der Waals surface area contributed by atoms with Gasteiger partial charge in [0.25, 0.3) is 11.6 Å². The molecule has 3 aromatic rings. The average molecular weight is 377 g/mol. The van der Waals surface area contributed by atoms with Gasteiger partial charge in [-0.1, -0.05) is 25.1 Å². The van der Waals surface area contributed by atoms with Crippen molar-refractivity contribution in [2.24, 2.45) is 0 Å². The molecule has 0 aliphatic carbocycles.